The number of methoxy groups -OCH3 is 1. The Kier molecular flexibility index (Phi) is 2.73. The van der Waals surface area contributed by atoms with Crippen LogP contribution in [0.2, 0.25) is 0 Å². The Morgan fingerprint density at radius 2 is 2.06 bits per heavy atom. The minimum absolute atomic E-state index is 0.777. The van der Waals surface area contributed by atoms with E-state index in [0.29, 0.717) is 0 Å². The van der Waals surface area contributed by atoms with Crippen LogP contribution in [0.4, 0.5) is 11.5 Å². The third-order valence-electron chi connectivity index (χ3n) is 3.04. The molecule has 3 heteroatoms. The number of hydrogen-bond acceptors (Lipinski definition) is 3. The van der Waals surface area contributed by atoms with Gasteiger partial charge < -0.3 is 4.74 Å². The second-order valence-corrected chi connectivity index (χ2v) is 4.12. The van der Waals surface area contributed by atoms with Crippen LogP contribution in [0.25, 0.3) is 0 Å². The van der Waals surface area contributed by atoms with Crippen LogP contribution in [0.1, 0.15) is 5.56 Å². The summed E-state index contributed by atoms with van der Waals surface area (Å²) in [5, 5.41) is 0. The average molecular weight is 238 g/mol. The number of fused-ring (bicyclic) bond motifs is 1. The van der Waals surface area contributed by atoms with Gasteiger partial charge in [-0.25, -0.2) is 4.98 Å². The first-order valence-corrected chi connectivity index (χ1v) is 5.93. The molecule has 3 rings (SSSR count). The van der Waals surface area contributed by atoms with Crippen LogP contribution in [-0.2, 0) is 6.42 Å². The quantitative estimate of drug-likeness (QED) is 0.802. The number of rotatable bonds is 2. The van der Waals surface area contributed by atoms with Gasteiger partial charge in [-0.15, -0.1) is 0 Å². The monoisotopic (exact) mass is 238 g/mol. The van der Waals surface area contributed by atoms with Crippen molar-refractivity contribution in [3.05, 3.63) is 60.4 Å². The number of hydrogen-bond donors (Lipinski definition) is 0. The fraction of sp³-hybridized carbons (Fsp3) is 0.133. The van der Waals surface area contributed by atoms with Gasteiger partial charge in [-0.05, 0) is 30.2 Å². The fourth-order valence-corrected chi connectivity index (χ4v) is 2.19. The molecular formula is C15H14N2O. The van der Waals surface area contributed by atoms with Crippen LogP contribution < -0.4 is 9.64 Å². The highest BCUT2D eigenvalue weighted by Gasteiger charge is 2.17. The molecule has 3 nitrogen and oxygen atoms in total. The lowest BCUT2D eigenvalue weighted by Gasteiger charge is -2.26. The Balaban J connectivity index is 2.12. The summed E-state index contributed by atoms with van der Waals surface area (Å²) in [5.41, 5.74) is 2.46. The van der Waals surface area contributed by atoms with Crippen molar-refractivity contribution >= 4 is 11.5 Å². The van der Waals surface area contributed by atoms with Crippen molar-refractivity contribution in [3.8, 4) is 5.75 Å². The third-order valence-corrected chi connectivity index (χ3v) is 3.04. The van der Waals surface area contributed by atoms with E-state index in [1.165, 1.54) is 5.56 Å². The number of nitrogens with zero attached hydrogens (tertiary/aromatic N) is 2. The topological polar surface area (TPSA) is 25.4 Å². The molecule has 0 N–H and O–H groups in total. The zero-order valence-corrected chi connectivity index (χ0v) is 10.2. The summed E-state index contributed by atoms with van der Waals surface area (Å²) in [6.07, 6.45) is 6.92. The number of benzene rings is 1. The van der Waals surface area contributed by atoms with Crippen molar-refractivity contribution in [2.75, 3.05) is 12.0 Å². The molecule has 0 fully saturated rings. The van der Waals surface area contributed by atoms with Crippen molar-refractivity contribution in [3.63, 3.8) is 0 Å². The molecule has 1 aliphatic rings. The maximum Gasteiger partial charge on any atom is 0.180 e. The first-order valence-electron chi connectivity index (χ1n) is 5.93. The lowest BCUT2D eigenvalue weighted by Crippen LogP contribution is -2.16. The van der Waals surface area contributed by atoms with Crippen molar-refractivity contribution < 1.29 is 4.74 Å². The molecule has 90 valence electrons. The first-order chi connectivity index (χ1) is 8.90. The van der Waals surface area contributed by atoms with E-state index >= 15 is 0 Å². The number of pyridine rings is 1. The number of aromatic nitrogens is 1. The van der Waals surface area contributed by atoms with Gasteiger partial charge in [0.05, 0.1) is 12.8 Å². The molecule has 2 aromatic rings. The van der Waals surface area contributed by atoms with E-state index in [1.807, 2.05) is 24.4 Å². The van der Waals surface area contributed by atoms with E-state index in [2.05, 4.69) is 34.2 Å². The molecule has 1 aromatic carbocycles. The molecule has 0 spiro atoms. The molecule has 0 radical (unpaired) electrons. The summed E-state index contributed by atoms with van der Waals surface area (Å²) < 4.78 is 5.38. The van der Waals surface area contributed by atoms with Gasteiger partial charge in [-0.1, -0.05) is 24.3 Å². The van der Waals surface area contributed by atoms with Gasteiger partial charge in [-0.3, -0.25) is 4.90 Å². The second kappa shape index (κ2) is 4.53. The molecule has 0 atom stereocenters. The predicted molar refractivity (Wildman–Crippen MR) is 72.2 cm³/mol. The zero-order chi connectivity index (χ0) is 12.4. The Morgan fingerprint density at radius 1 is 1.17 bits per heavy atom. The predicted octanol–water partition coefficient (Wildman–Crippen LogP) is 3.30. The Bertz CT molecular complexity index is 593. The van der Waals surface area contributed by atoms with Crippen LogP contribution in [0.15, 0.2) is 54.9 Å². The van der Waals surface area contributed by atoms with E-state index in [0.717, 1.165) is 23.7 Å². The van der Waals surface area contributed by atoms with Crippen molar-refractivity contribution in [1.82, 2.24) is 4.98 Å². The van der Waals surface area contributed by atoms with Crippen LogP contribution in [-0.4, -0.2) is 12.1 Å². The summed E-state index contributed by atoms with van der Waals surface area (Å²) in [7, 11) is 1.67. The Labute approximate surface area is 106 Å². The van der Waals surface area contributed by atoms with E-state index in [1.54, 1.807) is 13.3 Å². The minimum Gasteiger partial charge on any atom is -0.493 e. The van der Waals surface area contributed by atoms with Crippen LogP contribution in [0.3, 0.4) is 0 Å². The number of ether oxygens (including phenoxy) is 1. The van der Waals surface area contributed by atoms with E-state index in [9.17, 15) is 0 Å². The molecule has 1 aromatic heterocycles. The smallest absolute Gasteiger partial charge is 0.180 e. The third kappa shape index (κ3) is 1.74. The van der Waals surface area contributed by atoms with Gasteiger partial charge in [0.25, 0.3) is 0 Å². The highest BCUT2D eigenvalue weighted by atomic mass is 16.5. The molecule has 18 heavy (non-hydrogen) atoms. The Morgan fingerprint density at radius 3 is 2.94 bits per heavy atom. The summed E-state index contributed by atoms with van der Waals surface area (Å²) in [6, 6.07) is 12.1. The van der Waals surface area contributed by atoms with Crippen LogP contribution in [0.5, 0.6) is 5.75 Å². The van der Waals surface area contributed by atoms with Crippen molar-refractivity contribution in [2.45, 2.75) is 6.42 Å². The maximum atomic E-state index is 5.38. The molecule has 1 aliphatic heterocycles. The van der Waals surface area contributed by atoms with Crippen molar-refractivity contribution in [1.29, 1.82) is 0 Å². The molecule has 0 saturated heterocycles. The average Bonchev–Trinajstić information content (AvgIpc) is 2.46. The maximum absolute atomic E-state index is 5.38. The summed E-state index contributed by atoms with van der Waals surface area (Å²) in [4.78, 5) is 6.49. The van der Waals surface area contributed by atoms with Gasteiger partial charge in [0.15, 0.2) is 11.6 Å². The molecule has 0 amide bonds. The van der Waals surface area contributed by atoms with Gasteiger partial charge in [-0.2, -0.15) is 0 Å². The summed E-state index contributed by atoms with van der Waals surface area (Å²) in [6.45, 7) is 0. The fourth-order valence-electron chi connectivity index (χ4n) is 2.19. The molecule has 0 bridgehead atoms. The van der Waals surface area contributed by atoms with Gasteiger partial charge >= 0.3 is 0 Å². The number of para-hydroxylation sites is 1. The summed E-state index contributed by atoms with van der Waals surface area (Å²) >= 11 is 0. The van der Waals surface area contributed by atoms with Gasteiger partial charge in [0.1, 0.15) is 0 Å². The zero-order valence-electron chi connectivity index (χ0n) is 10.2. The highest BCUT2D eigenvalue weighted by Crippen LogP contribution is 2.35. The molecule has 0 unspecified atom stereocenters. The van der Waals surface area contributed by atoms with Crippen LogP contribution >= 0.6 is 0 Å². The van der Waals surface area contributed by atoms with E-state index < -0.39 is 0 Å². The number of anilines is 2. The van der Waals surface area contributed by atoms with Gasteiger partial charge in [0, 0.05) is 12.4 Å². The molecular weight excluding hydrogens is 224 g/mol. The second-order valence-electron chi connectivity index (χ2n) is 4.12. The number of allylic oxidation sites excluding steroid dienone is 1. The first kappa shape index (κ1) is 10.8. The Hall–Kier alpha value is -2.29. The molecule has 2 heterocycles. The summed E-state index contributed by atoms with van der Waals surface area (Å²) in [5.74, 6) is 1.60. The van der Waals surface area contributed by atoms with E-state index in [4.69, 9.17) is 4.74 Å². The SMILES string of the molecule is COc1cccnc1N1C=CCc2ccccc21. The van der Waals surface area contributed by atoms with Crippen molar-refractivity contribution in [2.24, 2.45) is 0 Å². The molecule has 0 saturated carbocycles. The standard InChI is InChI=1S/C15H14N2O/c1-18-14-9-4-10-16-15(14)17-11-5-7-12-6-2-3-8-13(12)17/h2-6,8-11H,7H2,1H3. The normalized spacial score (nSPS) is 13.3. The van der Waals surface area contributed by atoms with Crippen LogP contribution in [0, 0.1) is 0 Å². The minimum atomic E-state index is 0.777. The van der Waals surface area contributed by atoms with E-state index in [-0.39, 0.29) is 0 Å². The highest BCUT2D eigenvalue weighted by molar-refractivity contribution is 5.72. The largest absolute Gasteiger partial charge is 0.493 e. The lowest BCUT2D eigenvalue weighted by atomic mass is 10.1. The lowest BCUT2D eigenvalue weighted by molar-refractivity contribution is 0.414. The van der Waals surface area contributed by atoms with Gasteiger partial charge in [0.2, 0.25) is 0 Å². The molecule has 0 aliphatic carbocycles.